The Balaban J connectivity index is 1.65. The highest BCUT2D eigenvalue weighted by Gasteiger charge is 2.09. The van der Waals surface area contributed by atoms with E-state index in [2.05, 4.69) is 10.2 Å². The Morgan fingerprint density at radius 1 is 1.00 bits per heavy atom. The molecule has 2 aromatic carbocycles. The van der Waals surface area contributed by atoms with Crippen molar-refractivity contribution in [2.75, 3.05) is 0 Å². The molecule has 0 aliphatic rings. The lowest BCUT2D eigenvalue weighted by Crippen LogP contribution is -1.95. The minimum absolute atomic E-state index is 0.0177. The Labute approximate surface area is 128 Å². The number of aliphatic hydroxyl groups excluding tert-OH is 1. The van der Waals surface area contributed by atoms with E-state index in [-0.39, 0.29) is 13.2 Å². The molecule has 0 radical (unpaired) electrons. The zero-order valence-corrected chi connectivity index (χ0v) is 12.2. The van der Waals surface area contributed by atoms with E-state index in [4.69, 9.17) is 14.3 Å². The summed E-state index contributed by atoms with van der Waals surface area (Å²) in [6, 6.07) is 15.1. The second-order valence-corrected chi connectivity index (χ2v) is 4.96. The van der Waals surface area contributed by atoms with E-state index in [1.54, 1.807) is 24.3 Å². The molecular weight excluding hydrogens is 280 g/mol. The van der Waals surface area contributed by atoms with Gasteiger partial charge in [0, 0.05) is 5.56 Å². The van der Waals surface area contributed by atoms with Crippen molar-refractivity contribution in [2.24, 2.45) is 0 Å². The SMILES string of the molecule is Cc1ccc(-c2nnc(COc3ccc(CO)cc3)o2)cc1. The Morgan fingerprint density at radius 3 is 2.41 bits per heavy atom. The predicted octanol–water partition coefficient (Wildman–Crippen LogP) is 3.12. The van der Waals surface area contributed by atoms with Crippen molar-refractivity contribution in [3.63, 3.8) is 0 Å². The lowest BCUT2D eigenvalue weighted by molar-refractivity contribution is 0.263. The van der Waals surface area contributed by atoms with Gasteiger partial charge in [-0.25, -0.2) is 0 Å². The summed E-state index contributed by atoms with van der Waals surface area (Å²) in [4.78, 5) is 0. The first-order valence-electron chi connectivity index (χ1n) is 6.96. The van der Waals surface area contributed by atoms with Crippen LogP contribution in [0.3, 0.4) is 0 Å². The average Bonchev–Trinajstić information content (AvgIpc) is 3.03. The molecule has 0 atom stereocenters. The van der Waals surface area contributed by atoms with Crippen molar-refractivity contribution >= 4 is 0 Å². The lowest BCUT2D eigenvalue weighted by atomic mass is 10.1. The summed E-state index contributed by atoms with van der Waals surface area (Å²) in [5.41, 5.74) is 2.90. The van der Waals surface area contributed by atoms with Gasteiger partial charge >= 0.3 is 0 Å². The fourth-order valence-electron chi connectivity index (χ4n) is 1.96. The first-order valence-corrected chi connectivity index (χ1v) is 6.96. The number of hydrogen-bond acceptors (Lipinski definition) is 5. The zero-order chi connectivity index (χ0) is 15.4. The molecule has 3 aromatic rings. The Morgan fingerprint density at radius 2 is 1.73 bits per heavy atom. The highest BCUT2D eigenvalue weighted by atomic mass is 16.5. The Bertz CT molecular complexity index is 733. The molecule has 0 saturated carbocycles. The third kappa shape index (κ3) is 3.32. The molecule has 1 N–H and O–H groups in total. The van der Waals surface area contributed by atoms with Gasteiger partial charge in [-0.2, -0.15) is 0 Å². The van der Waals surface area contributed by atoms with E-state index in [0.29, 0.717) is 17.5 Å². The van der Waals surface area contributed by atoms with Crippen molar-refractivity contribution < 1.29 is 14.3 Å². The van der Waals surface area contributed by atoms with Gasteiger partial charge in [0.15, 0.2) is 6.61 Å². The third-order valence-corrected chi connectivity index (χ3v) is 3.23. The molecule has 0 amide bonds. The minimum Gasteiger partial charge on any atom is -0.484 e. The van der Waals surface area contributed by atoms with E-state index >= 15 is 0 Å². The molecule has 0 saturated heterocycles. The molecule has 22 heavy (non-hydrogen) atoms. The van der Waals surface area contributed by atoms with Crippen LogP contribution in [0.5, 0.6) is 5.75 Å². The summed E-state index contributed by atoms with van der Waals surface area (Å²) in [6.45, 7) is 2.25. The maximum atomic E-state index is 8.99. The minimum atomic E-state index is 0.0177. The number of aryl methyl sites for hydroxylation is 1. The highest BCUT2D eigenvalue weighted by Crippen LogP contribution is 2.19. The van der Waals surface area contributed by atoms with Gasteiger partial charge in [0.1, 0.15) is 5.75 Å². The third-order valence-electron chi connectivity index (χ3n) is 3.23. The number of aromatic nitrogens is 2. The number of rotatable bonds is 5. The van der Waals surface area contributed by atoms with Gasteiger partial charge in [0.05, 0.1) is 6.61 Å². The fraction of sp³-hybridized carbons (Fsp3) is 0.176. The van der Waals surface area contributed by atoms with Crippen molar-refractivity contribution in [2.45, 2.75) is 20.1 Å². The number of ether oxygens (including phenoxy) is 1. The summed E-state index contributed by atoms with van der Waals surface area (Å²) < 4.78 is 11.2. The Kier molecular flexibility index (Phi) is 4.16. The first-order chi connectivity index (χ1) is 10.7. The summed E-state index contributed by atoms with van der Waals surface area (Å²) in [6.07, 6.45) is 0. The van der Waals surface area contributed by atoms with Gasteiger partial charge in [-0.3, -0.25) is 0 Å². The summed E-state index contributed by atoms with van der Waals surface area (Å²) in [7, 11) is 0. The molecule has 1 heterocycles. The second-order valence-electron chi connectivity index (χ2n) is 4.96. The molecule has 0 aliphatic carbocycles. The van der Waals surface area contributed by atoms with Crippen LogP contribution in [0.25, 0.3) is 11.5 Å². The summed E-state index contributed by atoms with van der Waals surface area (Å²) >= 11 is 0. The zero-order valence-electron chi connectivity index (χ0n) is 12.2. The molecule has 0 unspecified atom stereocenters. The van der Waals surface area contributed by atoms with Crippen LogP contribution in [-0.4, -0.2) is 15.3 Å². The van der Waals surface area contributed by atoms with Crippen LogP contribution in [-0.2, 0) is 13.2 Å². The van der Waals surface area contributed by atoms with E-state index in [1.807, 2.05) is 31.2 Å². The predicted molar refractivity (Wildman–Crippen MR) is 81.2 cm³/mol. The first kappa shape index (κ1) is 14.3. The van der Waals surface area contributed by atoms with Crippen LogP contribution in [0.4, 0.5) is 0 Å². The largest absolute Gasteiger partial charge is 0.484 e. The summed E-state index contributed by atoms with van der Waals surface area (Å²) in [5.74, 6) is 1.59. The average molecular weight is 296 g/mol. The van der Waals surface area contributed by atoms with Crippen molar-refractivity contribution in [1.82, 2.24) is 10.2 Å². The molecule has 0 spiro atoms. The molecule has 5 nitrogen and oxygen atoms in total. The van der Waals surface area contributed by atoms with Crippen molar-refractivity contribution in [3.8, 4) is 17.2 Å². The van der Waals surface area contributed by atoms with Gasteiger partial charge in [-0.15, -0.1) is 10.2 Å². The number of aliphatic hydroxyl groups is 1. The standard InChI is InChI=1S/C17H16N2O3/c1-12-2-6-14(7-3-12)17-19-18-16(22-17)11-21-15-8-4-13(10-20)5-9-15/h2-9,20H,10-11H2,1H3. The van der Waals surface area contributed by atoms with Crippen molar-refractivity contribution in [1.29, 1.82) is 0 Å². The quantitative estimate of drug-likeness (QED) is 0.783. The van der Waals surface area contributed by atoms with Gasteiger partial charge in [0.25, 0.3) is 5.89 Å². The molecule has 0 bridgehead atoms. The lowest BCUT2D eigenvalue weighted by Gasteiger charge is -2.03. The van der Waals surface area contributed by atoms with Gasteiger partial charge in [-0.1, -0.05) is 29.8 Å². The monoisotopic (exact) mass is 296 g/mol. The van der Waals surface area contributed by atoms with Crippen LogP contribution >= 0.6 is 0 Å². The normalized spacial score (nSPS) is 10.6. The number of benzene rings is 2. The Hall–Kier alpha value is -2.66. The molecule has 0 aliphatic heterocycles. The topological polar surface area (TPSA) is 68.4 Å². The van der Waals surface area contributed by atoms with Gasteiger partial charge in [-0.05, 0) is 36.8 Å². The highest BCUT2D eigenvalue weighted by molar-refractivity contribution is 5.52. The second kappa shape index (κ2) is 6.41. The molecule has 3 rings (SSSR count). The summed E-state index contributed by atoms with van der Waals surface area (Å²) in [5, 5.41) is 17.0. The van der Waals surface area contributed by atoms with Crippen LogP contribution in [0.1, 0.15) is 17.0 Å². The van der Waals surface area contributed by atoms with Crippen LogP contribution in [0.2, 0.25) is 0 Å². The van der Waals surface area contributed by atoms with E-state index in [1.165, 1.54) is 5.56 Å². The maximum Gasteiger partial charge on any atom is 0.254 e. The van der Waals surface area contributed by atoms with Crippen LogP contribution in [0, 0.1) is 6.92 Å². The molecule has 5 heteroatoms. The molecule has 1 aromatic heterocycles. The smallest absolute Gasteiger partial charge is 0.254 e. The number of hydrogen-bond donors (Lipinski definition) is 1. The van der Waals surface area contributed by atoms with E-state index in [0.717, 1.165) is 11.1 Å². The molecular formula is C17H16N2O3. The van der Waals surface area contributed by atoms with Crippen LogP contribution < -0.4 is 4.74 Å². The molecule has 112 valence electrons. The van der Waals surface area contributed by atoms with Gasteiger partial charge < -0.3 is 14.3 Å². The maximum absolute atomic E-state index is 8.99. The van der Waals surface area contributed by atoms with Crippen LogP contribution in [0.15, 0.2) is 52.9 Å². The van der Waals surface area contributed by atoms with E-state index < -0.39 is 0 Å². The van der Waals surface area contributed by atoms with Crippen molar-refractivity contribution in [3.05, 3.63) is 65.5 Å². The van der Waals surface area contributed by atoms with E-state index in [9.17, 15) is 0 Å². The fourth-order valence-corrected chi connectivity index (χ4v) is 1.96. The number of nitrogens with zero attached hydrogens (tertiary/aromatic N) is 2. The van der Waals surface area contributed by atoms with Gasteiger partial charge in [0.2, 0.25) is 5.89 Å². The molecule has 0 fully saturated rings.